The van der Waals surface area contributed by atoms with Crippen molar-refractivity contribution in [2.75, 3.05) is 5.88 Å². The van der Waals surface area contributed by atoms with Crippen LogP contribution in [0.2, 0.25) is 0 Å². The summed E-state index contributed by atoms with van der Waals surface area (Å²) < 4.78 is 17.0. The molecule has 0 spiro atoms. The monoisotopic (exact) mass is 400 g/mol. The van der Waals surface area contributed by atoms with Crippen molar-refractivity contribution in [1.82, 2.24) is 9.55 Å². The molecule has 0 atom stereocenters. The fourth-order valence-corrected chi connectivity index (χ4v) is 2.96. The Morgan fingerprint density at radius 2 is 2.00 bits per heavy atom. The van der Waals surface area contributed by atoms with Gasteiger partial charge in [0, 0.05) is 21.6 Å². The summed E-state index contributed by atoms with van der Waals surface area (Å²) in [6.07, 6.45) is 0.598. The second-order valence-corrected chi connectivity index (χ2v) is 6.01. The molecule has 0 saturated carbocycles. The number of imidazole rings is 1. The van der Waals surface area contributed by atoms with Crippen molar-refractivity contribution in [3.05, 3.63) is 57.7 Å². The first-order valence-corrected chi connectivity index (χ1v) is 7.80. The number of fused-ring (bicyclic) bond motifs is 1. The van der Waals surface area contributed by atoms with Crippen molar-refractivity contribution in [3.8, 4) is 5.69 Å². The third-order valence-electron chi connectivity index (χ3n) is 3.09. The first-order valence-electron chi connectivity index (χ1n) is 6.18. The van der Waals surface area contributed by atoms with Crippen molar-refractivity contribution in [2.24, 2.45) is 0 Å². The normalized spacial score (nSPS) is 11.2. The standard InChI is InChI=1S/C15H11ClFIN2/c16-8-7-14-19-15-12(17)5-2-6-13(15)20(14)11-4-1-3-10(18)9-11/h1-6,9H,7-8H2. The van der Waals surface area contributed by atoms with Crippen molar-refractivity contribution < 1.29 is 4.39 Å². The molecule has 3 aromatic rings. The minimum absolute atomic E-state index is 0.303. The smallest absolute Gasteiger partial charge is 0.151 e. The molecule has 0 aliphatic rings. The molecule has 0 N–H and O–H groups in total. The molecule has 0 bridgehead atoms. The van der Waals surface area contributed by atoms with Gasteiger partial charge in [0.2, 0.25) is 0 Å². The average Bonchev–Trinajstić information content (AvgIpc) is 2.79. The van der Waals surface area contributed by atoms with Gasteiger partial charge in [-0.1, -0.05) is 12.1 Å². The quantitative estimate of drug-likeness (QED) is 0.466. The Kier molecular flexibility index (Phi) is 3.94. The Morgan fingerprint density at radius 3 is 2.75 bits per heavy atom. The highest BCUT2D eigenvalue weighted by Gasteiger charge is 2.14. The highest BCUT2D eigenvalue weighted by molar-refractivity contribution is 14.1. The van der Waals surface area contributed by atoms with Gasteiger partial charge in [-0.2, -0.15) is 0 Å². The van der Waals surface area contributed by atoms with Crippen LogP contribution in [0.3, 0.4) is 0 Å². The summed E-state index contributed by atoms with van der Waals surface area (Å²) in [7, 11) is 0. The Morgan fingerprint density at radius 1 is 1.20 bits per heavy atom. The molecule has 2 nitrogen and oxygen atoms in total. The lowest BCUT2D eigenvalue weighted by molar-refractivity contribution is 0.637. The van der Waals surface area contributed by atoms with Crippen LogP contribution in [0.5, 0.6) is 0 Å². The number of alkyl halides is 1. The predicted octanol–water partition coefficient (Wildman–Crippen LogP) is 4.55. The number of aromatic nitrogens is 2. The summed E-state index contributed by atoms with van der Waals surface area (Å²) in [5.74, 6) is 0.930. The van der Waals surface area contributed by atoms with E-state index >= 15 is 0 Å². The van der Waals surface area contributed by atoms with Crippen LogP contribution in [0.4, 0.5) is 4.39 Å². The van der Waals surface area contributed by atoms with E-state index in [1.807, 2.05) is 34.9 Å². The van der Waals surface area contributed by atoms with Crippen LogP contribution in [0.1, 0.15) is 5.82 Å². The molecule has 1 heterocycles. The molecule has 0 aliphatic carbocycles. The number of hydrogen-bond donors (Lipinski definition) is 0. The summed E-state index contributed by atoms with van der Waals surface area (Å²) >= 11 is 8.11. The zero-order valence-corrected chi connectivity index (χ0v) is 13.4. The third-order valence-corrected chi connectivity index (χ3v) is 3.95. The number of rotatable bonds is 3. The molecule has 0 unspecified atom stereocenters. The largest absolute Gasteiger partial charge is 0.296 e. The number of hydrogen-bond acceptors (Lipinski definition) is 1. The molecule has 102 valence electrons. The van der Waals surface area contributed by atoms with Crippen LogP contribution in [-0.4, -0.2) is 15.4 Å². The molecular formula is C15H11ClFIN2. The topological polar surface area (TPSA) is 17.8 Å². The fraction of sp³-hybridized carbons (Fsp3) is 0.133. The highest BCUT2D eigenvalue weighted by atomic mass is 127. The number of benzene rings is 2. The zero-order chi connectivity index (χ0) is 14.1. The van der Waals surface area contributed by atoms with Crippen LogP contribution < -0.4 is 0 Å². The molecule has 0 fully saturated rings. The molecule has 0 amide bonds. The van der Waals surface area contributed by atoms with E-state index in [0.717, 1.165) is 20.6 Å². The van der Waals surface area contributed by atoms with E-state index in [-0.39, 0.29) is 5.82 Å². The second-order valence-electron chi connectivity index (χ2n) is 4.39. The van der Waals surface area contributed by atoms with E-state index in [1.54, 1.807) is 6.07 Å². The molecular weight excluding hydrogens is 390 g/mol. The molecule has 20 heavy (non-hydrogen) atoms. The highest BCUT2D eigenvalue weighted by Crippen LogP contribution is 2.25. The minimum atomic E-state index is -0.303. The summed E-state index contributed by atoms with van der Waals surface area (Å²) in [6, 6.07) is 13.0. The predicted molar refractivity (Wildman–Crippen MR) is 88.2 cm³/mol. The van der Waals surface area contributed by atoms with E-state index in [1.165, 1.54) is 6.07 Å². The number of para-hydroxylation sites is 1. The van der Waals surface area contributed by atoms with Crippen LogP contribution in [0.25, 0.3) is 16.7 Å². The van der Waals surface area contributed by atoms with E-state index in [0.29, 0.717) is 17.8 Å². The van der Waals surface area contributed by atoms with Crippen LogP contribution in [0, 0.1) is 9.39 Å². The maximum Gasteiger partial charge on any atom is 0.151 e. The Bertz CT molecular complexity index is 770. The van der Waals surface area contributed by atoms with Gasteiger partial charge in [-0.05, 0) is 52.9 Å². The lowest BCUT2D eigenvalue weighted by Gasteiger charge is -2.09. The Hall–Kier alpha value is -1.14. The Balaban J connectivity index is 2.32. The number of aryl methyl sites for hydroxylation is 1. The molecule has 0 radical (unpaired) electrons. The van der Waals surface area contributed by atoms with Gasteiger partial charge >= 0.3 is 0 Å². The van der Waals surface area contributed by atoms with Crippen LogP contribution in [0.15, 0.2) is 42.5 Å². The summed E-state index contributed by atoms with van der Waals surface area (Å²) in [5.41, 5.74) is 2.14. The minimum Gasteiger partial charge on any atom is -0.296 e. The van der Waals surface area contributed by atoms with E-state index < -0.39 is 0 Å². The van der Waals surface area contributed by atoms with Crippen molar-refractivity contribution in [2.45, 2.75) is 6.42 Å². The second kappa shape index (κ2) is 5.69. The van der Waals surface area contributed by atoms with Gasteiger partial charge in [-0.3, -0.25) is 4.57 Å². The first kappa shape index (κ1) is 13.8. The van der Waals surface area contributed by atoms with Crippen LogP contribution in [-0.2, 0) is 6.42 Å². The zero-order valence-electron chi connectivity index (χ0n) is 10.5. The van der Waals surface area contributed by atoms with E-state index in [2.05, 4.69) is 27.6 Å². The maximum atomic E-state index is 13.9. The third kappa shape index (κ3) is 2.42. The van der Waals surface area contributed by atoms with Gasteiger partial charge in [-0.25, -0.2) is 9.37 Å². The van der Waals surface area contributed by atoms with E-state index in [4.69, 9.17) is 11.6 Å². The van der Waals surface area contributed by atoms with Crippen LogP contribution >= 0.6 is 34.2 Å². The van der Waals surface area contributed by atoms with Gasteiger partial charge in [-0.15, -0.1) is 11.6 Å². The lowest BCUT2D eigenvalue weighted by Crippen LogP contribution is -2.02. The SMILES string of the molecule is Fc1cccc2c1nc(CCCl)n2-c1cccc(I)c1. The maximum absolute atomic E-state index is 13.9. The number of halogens is 3. The number of nitrogens with zero attached hydrogens (tertiary/aromatic N) is 2. The summed E-state index contributed by atoms with van der Waals surface area (Å²) in [4.78, 5) is 4.41. The van der Waals surface area contributed by atoms with Gasteiger partial charge in [0.15, 0.2) is 5.82 Å². The lowest BCUT2D eigenvalue weighted by atomic mass is 10.2. The molecule has 0 saturated heterocycles. The summed E-state index contributed by atoms with van der Waals surface area (Å²) in [6.45, 7) is 0. The summed E-state index contributed by atoms with van der Waals surface area (Å²) in [5, 5.41) is 0. The van der Waals surface area contributed by atoms with Gasteiger partial charge in [0.1, 0.15) is 11.3 Å². The van der Waals surface area contributed by atoms with Gasteiger partial charge < -0.3 is 0 Å². The molecule has 5 heteroatoms. The van der Waals surface area contributed by atoms with Gasteiger partial charge in [0.05, 0.1) is 5.52 Å². The van der Waals surface area contributed by atoms with Crippen molar-refractivity contribution in [1.29, 1.82) is 0 Å². The first-order chi connectivity index (χ1) is 9.70. The molecule has 3 rings (SSSR count). The molecule has 1 aromatic heterocycles. The molecule has 2 aromatic carbocycles. The van der Waals surface area contributed by atoms with Crippen molar-refractivity contribution in [3.63, 3.8) is 0 Å². The van der Waals surface area contributed by atoms with Crippen molar-refractivity contribution >= 4 is 45.2 Å². The van der Waals surface area contributed by atoms with E-state index in [9.17, 15) is 4.39 Å². The molecule has 0 aliphatic heterocycles. The Labute approximate surface area is 134 Å². The average molecular weight is 401 g/mol. The fourth-order valence-electron chi connectivity index (χ4n) is 2.27. The van der Waals surface area contributed by atoms with Gasteiger partial charge in [0.25, 0.3) is 0 Å².